The fraction of sp³-hybridized carbons (Fsp3) is 0.400. The Kier molecular flexibility index (Phi) is 2.94. The zero-order valence-corrected chi connectivity index (χ0v) is 6.31. The van der Waals surface area contributed by atoms with Crippen molar-refractivity contribution in [1.29, 1.82) is 0 Å². The minimum Gasteiger partial charge on any atom is -0.422 e. The first kappa shape index (κ1) is 10.1. The van der Waals surface area contributed by atoms with Crippen LogP contribution < -0.4 is 5.59 Å². The lowest BCUT2D eigenvalue weighted by atomic mass is 9.86. The average Bonchev–Trinajstić information content (AvgIpc) is 2.50. The molecule has 1 atom stereocenters. The monoisotopic (exact) mass is 194 g/mol. The van der Waals surface area contributed by atoms with Gasteiger partial charge in [0.05, 0.1) is 5.59 Å². The fourth-order valence-electron chi connectivity index (χ4n) is 0.842. The molecule has 72 valence electrons. The SMILES string of the molecule is OB(O)c1ccnn1C(F)C(F)F. The highest BCUT2D eigenvalue weighted by Gasteiger charge is 2.27. The highest BCUT2D eigenvalue weighted by molar-refractivity contribution is 6.57. The molecule has 0 radical (unpaired) electrons. The van der Waals surface area contributed by atoms with Crippen molar-refractivity contribution in [3.05, 3.63) is 12.3 Å². The van der Waals surface area contributed by atoms with E-state index in [2.05, 4.69) is 5.10 Å². The Balaban J connectivity index is 2.93. The van der Waals surface area contributed by atoms with Gasteiger partial charge in [0.25, 0.3) is 12.7 Å². The van der Waals surface area contributed by atoms with Gasteiger partial charge in [-0.2, -0.15) is 5.10 Å². The predicted molar refractivity (Wildman–Crippen MR) is 38.2 cm³/mol. The molecule has 1 aromatic rings. The van der Waals surface area contributed by atoms with Crippen molar-refractivity contribution in [2.75, 3.05) is 0 Å². The molecular weight excluding hydrogens is 188 g/mol. The van der Waals surface area contributed by atoms with Crippen molar-refractivity contribution in [2.24, 2.45) is 0 Å². The van der Waals surface area contributed by atoms with Gasteiger partial charge in [-0.3, -0.25) is 0 Å². The molecule has 13 heavy (non-hydrogen) atoms. The molecule has 0 fully saturated rings. The first-order chi connectivity index (χ1) is 6.04. The molecule has 0 saturated carbocycles. The summed E-state index contributed by atoms with van der Waals surface area (Å²) in [6.07, 6.45) is -4.91. The van der Waals surface area contributed by atoms with Gasteiger partial charge in [-0.05, 0) is 6.07 Å². The maximum Gasteiger partial charge on any atom is 0.507 e. The van der Waals surface area contributed by atoms with Crippen molar-refractivity contribution < 1.29 is 23.2 Å². The molecule has 4 nitrogen and oxygen atoms in total. The zero-order chi connectivity index (χ0) is 10.0. The van der Waals surface area contributed by atoms with E-state index in [9.17, 15) is 13.2 Å². The molecule has 0 bridgehead atoms. The normalized spacial score (nSPS) is 13.4. The van der Waals surface area contributed by atoms with Gasteiger partial charge in [-0.25, -0.2) is 17.9 Å². The minimum absolute atomic E-state index is 0.231. The molecule has 0 spiro atoms. The van der Waals surface area contributed by atoms with E-state index in [1.807, 2.05) is 0 Å². The van der Waals surface area contributed by atoms with Crippen LogP contribution in [0.4, 0.5) is 13.2 Å². The topological polar surface area (TPSA) is 58.3 Å². The van der Waals surface area contributed by atoms with E-state index in [1.54, 1.807) is 0 Å². The Labute approximate surface area is 71.7 Å². The van der Waals surface area contributed by atoms with Crippen LogP contribution >= 0.6 is 0 Å². The predicted octanol–water partition coefficient (Wildman–Crippen LogP) is -0.704. The number of hydrogen-bond acceptors (Lipinski definition) is 3. The van der Waals surface area contributed by atoms with E-state index in [1.165, 1.54) is 0 Å². The average molecular weight is 194 g/mol. The van der Waals surface area contributed by atoms with Gasteiger partial charge in [-0.1, -0.05) is 0 Å². The third kappa shape index (κ3) is 2.01. The molecule has 1 heterocycles. The van der Waals surface area contributed by atoms with Crippen LogP contribution in [0.15, 0.2) is 12.3 Å². The summed E-state index contributed by atoms with van der Waals surface area (Å²) in [5, 5.41) is 20.4. The van der Waals surface area contributed by atoms with Crippen molar-refractivity contribution in [3.63, 3.8) is 0 Å². The van der Waals surface area contributed by atoms with Crippen LogP contribution in [0.2, 0.25) is 0 Å². The van der Waals surface area contributed by atoms with Gasteiger partial charge < -0.3 is 10.0 Å². The molecule has 2 N–H and O–H groups in total. The molecule has 1 aromatic heterocycles. The van der Waals surface area contributed by atoms with Gasteiger partial charge in [0.1, 0.15) is 0 Å². The number of aromatic nitrogens is 2. The first-order valence-electron chi connectivity index (χ1n) is 3.36. The highest BCUT2D eigenvalue weighted by atomic mass is 19.3. The first-order valence-corrected chi connectivity index (χ1v) is 3.36. The van der Waals surface area contributed by atoms with E-state index in [0.29, 0.717) is 0 Å². The second-order valence-corrected chi connectivity index (χ2v) is 2.28. The maximum atomic E-state index is 12.6. The summed E-state index contributed by atoms with van der Waals surface area (Å²) < 4.78 is 36.5. The van der Waals surface area contributed by atoms with Gasteiger partial charge >= 0.3 is 7.12 Å². The second-order valence-electron chi connectivity index (χ2n) is 2.28. The Hall–Kier alpha value is -1.02. The molecular formula is C5H6BF3N2O2. The van der Waals surface area contributed by atoms with Crippen LogP contribution in [-0.4, -0.2) is 33.4 Å². The summed E-state index contributed by atoms with van der Waals surface area (Å²) in [7, 11) is -2.01. The van der Waals surface area contributed by atoms with E-state index in [-0.39, 0.29) is 4.68 Å². The lowest BCUT2D eigenvalue weighted by Gasteiger charge is -2.10. The highest BCUT2D eigenvalue weighted by Crippen LogP contribution is 2.15. The third-order valence-electron chi connectivity index (χ3n) is 1.41. The summed E-state index contributed by atoms with van der Waals surface area (Å²) in [6, 6.07) is 1.04. The van der Waals surface area contributed by atoms with Crippen molar-refractivity contribution in [1.82, 2.24) is 9.78 Å². The maximum absolute atomic E-state index is 12.6. The quantitative estimate of drug-likeness (QED) is 0.625. The molecule has 1 rings (SSSR count). The minimum atomic E-state index is -3.25. The van der Waals surface area contributed by atoms with Crippen LogP contribution in [-0.2, 0) is 0 Å². The third-order valence-corrected chi connectivity index (χ3v) is 1.41. The number of halogens is 3. The number of rotatable bonds is 3. The van der Waals surface area contributed by atoms with Crippen molar-refractivity contribution in [3.8, 4) is 0 Å². The number of nitrogens with zero attached hydrogens (tertiary/aromatic N) is 2. The van der Waals surface area contributed by atoms with Gasteiger partial charge in [-0.15, -0.1) is 0 Å². The van der Waals surface area contributed by atoms with Crippen molar-refractivity contribution >= 4 is 12.7 Å². The zero-order valence-electron chi connectivity index (χ0n) is 6.31. The van der Waals surface area contributed by atoms with Crippen molar-refractivity contribution in [2.45, 2.75) is 12.7 Å². The van der Waals surface area contributed by atoms with Gasteiger partial charge in [0.15, 0.2) is 0 Å². The van der Waals surface area contributed by atoms with Crippen LogP contribution in [0.5, 0.6) is 0 Å². The Bertz CT molecular complexity index is 280. The molecule has 0 amide bonds. The van der Waals surface area contributed by atoms with Crippen LogP contribution in [0.3, 0.4) is 0 Å². The fourth-order valence-corrected chi connectivity index (χ4v) is 0.842. The summed E-state index contributed by atoms with van der Waals surface area (Å²) in [6.45, 7) is 0. The van der Waals surface area contributed by atoms with Gasteiger partial charge in [0.2, 0.25) is 0 Å². The molecule has 0 saturated heterocycles. The lowest BCUT2D eigenvalue weighted by Crippen LogP contribution is -2.39. The summed E-state index contributed by atoms with van der Waals surface area (Å²) in [4.78, 5) is 0. The molecule has 8 heteroatoms. The van der Waals surface area contributed by atoms with E-state index in [0.717, 1.165) is 12.3 Å². The Morgan fingerprint density at radius 1 is 1.38 bits per heavy atom. The Morgan fingerprint density at radius 2 is 2.00 bits per heavy atom. The van der Waals surface area contributed by atoms with Gasteiger partial charge in [0, 0.05) is 6.20 Å². The Morgan fingerprint density at radius 3 is 2.46 bits per heavy atom. The largest absolute Gasteiger partial charge is 0.507 e. The van der Waals surface area contributed by atoms with Crippen LogP contribution in [0, 0.1) is 0 Å². The molecule has 0 aromatic carbocycles. The van der Waals surface area contributed by atoms with E-state index >= 15 is 0 Å². The molecule has 0 aliphatic heterocycles. The summed E-state index contributed by atoms with van der Waals surface area (Å²) >= 11 is 0. The molecule has 0 aliphatic carbocycles. The van der Waals surface area contributed by atoms with E-state index < -0.39 is 25.4 Å². The van der Waals surface area contributed by atoms with Crippen LogP contribution in [0.25, 0.3) is 0 Å². The number of alkyl halides is 3. The smallest absolute Gasteiger partial charge is 0.422 e. The lowest BCUT2D eigenvalue weighted by molar-refractivity contribution is 0.00226. The summed E-state index contributed by atoms with van der Waals surface area (Å²) in [5.74, 6) is 0. The number of hydrogen-bond donors (Lipinski definition) is 2. The molecule has 1 unspecified atom stereocenters. The van der Waals surface area contributed by atoms with E-state index in [4.69, 9.17) is 10.0 Å². The second kappa shape index (κ2) is 3.80. The van der Waals surface area contributed by atoms with Crippen LogP contribution in [0.1, 0.15) is 6.30 Å². The standard InChI is InChI=1S/C5H6BF3N2O2/c7-4(8)5(9)11-3(6(12)13)1-2-10-11/h1-2,4-5,12-13H. The summed E-state index contributed by atoms with van der Waals surface area (Å²) in [5.41, 5.74) is -0.409. The molecule has 0 aliphatic rings.